The molecule has 7 atom stereocenters. The highest BCUT2D eigenvalue weighted by Crippen LogP contribution is 2.65. The van der Waals surface area contributed by atoms with Crippen LogP contribution in [0.1, 0.15) is 75.7 Å². The van der Waals surface area contributed by atoms with Crippen molar-refractivity contribution in [3.63, 3.8) is 0 Å². The number of fused-ring (bicyclic) bond motifs is 5. The van der Waals surface area contributed by atoms with Gasteiger partial charge in [0.1, 0.15) is 5.78 Å². The van der Waals surface area contributed by atoms with E-state index >= 15 is 0 Å². The molecule has 0 unspecified atom stereocenters. The van der Waals surface area contributed by atoms with Crippen LogP contribution in [0.15, 0.2) is 0 Å². The lowest BCUT2D eigenvalue weighted by Gasteiger charge is -2.60. The number of rotatable bonds is 0. The second-order valence-corrected chi connectivity index (χ2v) is 8.57. The minimum atomic E-state index is -1.98. The highest BCUT2D eigenvalue weighted by molar-refractivity contribution is 5.79. The lowest BCUT2D eigenvalue weighted by atomic mass is 9.45. The van der Waals surface area contributed by atoms with E-state index in [2.05, 4.69) is 6.92 Å². The van der Waals surface area contributed by atoms with Gasteiger partial charge in [-0.25, -0.2) is 0 Å². The fourth-order valence-corrected chi connectivity index (χ4v) is 6.65. The molecule has 4 aliphatic rings. The van der Waals surface area contributed by atoms with Crippen molar-refractivity contribution in [3.05, 3.63) is 0 Å². The summed E-state index contributed by atoms with van der Waals surface area (Å²) in [6.45, 7) is 0.247. The molecule has 2 nitrogen and oxygen atoms in total. The number of carbonyl (C=O) groups is 1. The molecule has 0 saturated heterocycles. The Balaban J connectivity index is 1.73. The zero-order valence-corrected chi connectivity index (χ0v) is 13.1. The van der Waals surface area contributed by atoms with Crippen LogP contribution in [0.5, 0.6) is 0 Å². The smallest absolute Gasteiger partial charge is 0.133 e. The summed E-state index contributed by atoms with van der Waals surface area (Å²) in [4.78, 5) is 12.0. The molecule has 0 amide bonds. The molecular formula is C19H30O2. The minimum absolute atomic E-state index is 0.0194. The van der Waals surface area contributed by atoms with Gasteiger partial charge in [-0.2, -0.15) is 0 Å². The van der Waals surface area contributed by atoms with E-state index < -0.39 is 12.3 Å². The highest BCUT2D eigenvalue weighted by Gasteiger charge is 2.59. The lowest BCUT2D eigenvalue weighted by Crippen LogP contribution is -2.54. The Kier molecular flexibility index (Phi) is 2.44. The molecule has 4 aliphatic carbocycles. The number of hydrogen-bond donors (Lipinski definition) is 1. The van der Waals surface area contributed by atoms with Crippen molar-refractivity contribution in [1.29, 1.82) is 0 Å². The Morgan fingerprint density at radius 2 is 1.90 bits per heavy atom. The molecule has 0 aromatic carbocycles. The molecule has 4 saturated carbocycles. The van der Waals surface area contributed by atoms with Crippen LogP contribution in [0.25, 0.3) is 0 Å². The molecule has 0 spiro atoms. The van der Waals surface area contributed by atoms with E-state index in [9.17, 15) is 9.90 Å². The second kappa shape index (κ2) is 4.57. The largest absolute Gasteiger partial charge is 0.393 e. The maximum atomic E-state index is 12.0. The maximum Gasteiger partial charge on any atom is 0.133 e. The van der Waals surface area contributed by atoms with Gasteiger partial charge in [0, 0.05) is 17.0 Å². The SMILES string of the molecule is [2H]C([2H])([2H])[C@@]12CCC(=O)C[C@H]1CC[C@@H]1[C@H]3CC[C@@H](O)[C@]3(C)CC[C@H]12. The van der Waals surface area contributed by atoms with E-state index in [1.54, 1.807) is 0 Å². The summed E-state index contributed by atoms with van der Waals surface area (Å²) in [7, 11) is 0. The topological polar surface area (TPSA) is 37.3 Å². The average Bonchev–Trinajstić information content (AvgIpc) is 2.81. The molecule has 1 N–H and O–H groups in total. The maximum absolute atomic E-state index is 12.0. The number of aliphatic hydroxyl groups excluding tert-OH is 1. The van der Waals surface area contributed by atoms with Crippen LogP contribution in [-0.4, -0.2) is 17.0 Å². The third-order valence-electron chi connectivity index (χ3n) is 7.92. The van der Waals surface area contributed by atoms with E-state index in [4.69, 9.17) is 4.11 Å². The van der Waals surface area contributed by atoms with Crippen LogP contribution in [0.2, 0.25) is 0 Å². The Morgan fingerprint density at radius 1 is 1.10 bits per heavy atom. The molecule has 0 aliphatic heterocycles. The van der Waals surface area contributed by atoms with E-state index in [1.165, 1.54) is 0 Å². The Hall–Kier alpha value is -0.370. The molecule has 0 heterocycles. The fourth-order valence-electron chi connectivity index (χ4n) is 6.65. The van der Waals surface area contributed by atoms with Crippen molar-refractivity contribution in [1.82, 2.24) is 0 Å². The summed E-state index contributed by atoms with van der Waals surface area (Å²) in [6, 6.07) is 0. The third kappa shape index (κ3) is 1.84. The number of Topliss-reactive ketones (excluding diaryl/α,β-unsaturated/α-hetero) is 1. The lowest BCUT2D eigenvalue weighted by molar-refractivity contribution is -0.141. The quantitative estimate of drug-likeness (QED) is 0.734. The van der Waals surface area contributed by atoms with Crippen LogP contribution < -0.4 is 0 Å². The number of ketones is 1. The monoisotopic (exact) mass is 293 g/mol. The molecule has 4 fully saturated rings. The van der Waals surface area contributed by atoms with Crippen molar-refractivity contribution >= 4 is 5.78 Å². The molecule has 118 valence electrons. The van der Waals surface area contributed by atoms with Crippen LogP contribution in [0, 0.1) is 34.5 Å². The van der Waals surface area contributed by atoms with E-state index in [1.807, 2.05) is 0 Å². The minimum Gasteiger partial charge on any atom is -0.393 e. The zero-order valence-electron chi connectivity index (χ0n) is 16.1. The first-order valence-corrected chi connectivity index (χ1v) is 8.90. The summed E-state index contributed by atoms with van der Waals surface area (Å²) in [5, 5.41) is 10.5. The van der Waals surface area contributed by atoms with Crippen molar-refractivity contribution in [3.8, 4) is 0 Å². The van der Waals surface area contributed by atoms with E-state index in [0.717, 1.165) is 38.5 Å². The third-order valence-corrected chi connectivity index (χ3v) is 7.92. The van der Waals surface area contributed by atoms with Gasteiger partial charge in [0.2, 0.25) is 0 Å². The second-order valence-electron chi connectivity index (χ2n) is 8.57. The van der Waals surface area contributed by atoms with Crippen LogP contribution in [-0.2, 0) is 4.79 Å². The van der Waals surface area contributed by atoms with E-state index in [-0.39, 0.29) is 29.1 Å². The Morgan fingerprint density at radius 3 is 2.71 bits per heavy atom. The van der Waals surface area contributed by atoms with Crippen LogP contribution in [0.4, 0.5) is 0 Å². The average molecular weight is 293 g/mol. The fraction of sp³-hybridized carbons (Fsp3) is 0.947. The van der Waals surface area contributed by atoms with Gasteiger partial charge in [-0.05, 0) is 79.4 Å². The predicted octanol–water partition coefficient (Wildman–Crippen LogP) is 3.96. The molecule has 2 heteroatoms. The molecule has 0 aromatic heterocycles. The first-order chi connectivity index (χ1) is 11.2. The predicted molar refractivity (Wildman–Crippen MR) is 82.7 cm³/mol. The molecule has 21 heavy (non-hydrogen) atoms. The van der Waals surface area contributed by atoms with Gasteiger partial charge in [0.25, 0.3) is 0 Å². The molecule has 4 rings (SSSR count). The standard InChI is InChI=1S/C19H30O2/c1-18-9-7-13(20)11-12(18)3-4-14-15-5-6-17(21)19(15,2)10-8-16(14)18/h12,14-17,21H,3-11H2,1-2H3/t12-,14-,15-,16-,17-,18-,19-/m1/s1/i1D3. The number of carbonyl (C=O) groups excluding carboxylic acids is 1. The van der Waals surface area contributed by atoms with Gasteiger partial charge in [0.05, 0.1) is 6.10 Å². The molecule has 0 radical (unpaired) electrons. The highest BCUT2D eigenvalue weighted by atomic mass is 16.3. The van der Waals surface area contributed by atoms with Crippen LogP contribution in [0.3, 0.4) is 0 Å². The Labute approximate surface area is 132 Å². The molecule has 0 bridgehead atoms. The van der Waals surface area contributed by atoms with Gasteiger partial charge in [-0.1, -0.05) is 13.8 Å². The normalized spacial score (nSPS) is 59.2. The van der Waals surface area contributed by atoms with Gasteiger partial charge in [-0.15, -0.1) is 0 Å². The van der Waals surface area contributed by atoms with E-state index in [0.29, 0.717) is 31.1 Å². The summed E-state index contributed by atoms with van der Waals surface area (Å²) < 4.78 is 25.1. The van der Waals surface area contributed by atoms with Crippen molar-refractivity contribution in [2.75, 3.05) is 0 Å². The van der Waals surface area contributed by atoms with Crippen molar-refractivity contribution in [2.24, 2.45) is 34.5 Å². The first-order valence-electron chi connectivity index (χ1n) is 10.4. The Bertz CT molecular complexity index is 545. The van der Waals surface area contributed by atoms with Crippen molar-refractivity contribution < 1.29 is 14.0 Å². The van der Waals surface area contributed by atoms with Crippen LogP contribution >= 0.6 is 0 Å². The van der Waals surface area contributed by atoms with Gasteiger partial charge in [0.15, 0.2) is 0 Å². The molecule has 0 aromatic rings. The number of hydrogen-bond acceptors (Lipinski definition) is 2. The summed E-state index contributed by atoms with van der Waals surface area (Å²) in [5.41, 5.74) is -0.673. The summed E-state index contributed by atoms with van der Waals surface area (Å²) >= 11 is 0. The first kappa shape index (κ1) is 11.2. The van der Waals surface area contributed by atoms with Gasteiger partial charge >= 0.3 is 0 Å². The molecular weight excluding hydrogens is 260 g/mol. The van der Waals surface area contributed by atoms with Gasteiger partial charge < -0.3 is 5.11 Å². The number of aliphatic hydroxyl groups is 1. The summed E-state index contributed by atoms with van der Waals surface area (Å²) in [6.07, 6.45) is 6.96. The summed E-state index contributed by atoms with van der Waals surface area (Å²) in [5.74, 6) is 1.40. The van der Waals surface area contributed by atoms with Gasteiger partial charge in [-0.3, -0.25) is 4.79 Å². The zero-order chi connectivity index (χ0) is 17.3. The van der Waals surface area contributed by atoms with Crippen molar-refractivity contribution in [2.45, 2.75) is 77.7 Å².